The van der Waals surface area contributed by atoms with Crippen LogP contribution in [0.3, 0.4) is 0 Å². The Labute approximate surface area is 92.6 Å². The van der Waals surface area contributed by atoms with E-state index in [4.69, 9.17) is 5.11 Å². The number of carboxylic acids is 1. The molecule has 15 heavy (non-hydrogen) atoms. The minimum Gasteiger partial charge on any atom is -0.478 e. The van der Waals surface area contributed by atoms with Crippen LogP contribution in [0, 0.1) is 0 Å². The molecule has 0 bridgehead atoms. The van der Waals surface area contributed by atoms with Crippen molar-refractivity contribution in [2.75, 3.05) is 6.54 Å². The highest BCUT2D eigenvalue weighted by Gasteiger charge is 1.93. The molecule has 0 fully saturated rings. The summed E-state index contributed by atoms with van der Waals surface area (Å²) in [5, 5.41) is 11.6. The summed E-state index contributed by atoms with van der Waals surface area (Å²) in [4.78, 5) is 10.3. The second kappa shape index (κ2) is 9.56. The van der Waals surface area contributed by atoms with Gasteiger partial charge in [0.2, 0.25) is 0 Å². The van der Waals surface area contributed by atoms with Crippen LogP contribution in [0.15, 0.2) is 11.8 Å². The number of aliphatic carboxylic acids is 1. The van der Waals surface area contributed by atoms with Gasteiger partial charge in [-0.05, 0) is 13.3 Å². The molecule has 0 radical (unpaired) electrons. The van der Waals surface area contributed by atoms with Crippen LogP contribution in [0.2, 0.25) is 0 Å². The van der Waals surface area contributed by atoms with E-state index >= 15 is 0 Å². The predicted molar refractivity (Wildman–Crippen MR) is 62.8 cm³/mol. The van der Waals surface area contributed by atoms with E-state index < -0.39 is 5.97 Å². The van der Waals surface area contributed by atoms with Crippen molar-refractivity contribution in [1.82, 2.24) is 5.32 Å². The summed E-state index contributed by atoms with van der Waals surface area (Å²) in [6.07, 6.45) is 8.76. The van der Waals surface area contributed by atoms with Crippen molar-refractivity contribution < 1.29 is 9.90 Å². The average Bonchev–Trinajstić information content (AvgIpc) is 2.15. The van der Waals surface area contributed by atoms with Gasteiger partial charge in [0.25, 0.3) is 0 Å². The Balaban J connectivity index is 3.27. The molecule has 0 aliphatic rings. The zero-order valence-corrected chi connectivity index (χ0v) is 9.88. The predicted octanol–water partition coefficient (Wildman–Crippen LogP) is 2.92. The van der Waals surface area contributed by atoms with E-state index in [9.17, 15) is 4.79 Å². The molecular formula is C12H23NO2. The van der Waals surface area contributed by atoms with Gasteiger partial charge in [-0.3, -0.25) is 0 Å². The van der Waals surface area contributed by atoms with Gasteiger partial charge in [0, 0.05) is 18.3 Å². The maximum absolute atomic E-state index is 10.3. The zero-order chi connectivity index (χ0) is 11.5. The lowest BCUT2D eigenvalue weighted by atomic mass is 10.1. The third kappa shape index (κ3) is 10.9. The minimum absolute atomic E-state index is 0.732. The van der Waals surface area contributed by atoms with Crippen molar-refractivity contribution in [3.05, 3.63) is 11.8 Å². The lowest BCUT2D eigenvalue weighted by molar-refractivity contribution is -0.131. The Morgan fingerprint density at radius 1 is 1.20 bits per heavy atom. The van der Waals surface area contributed by atoms with Crippen molar-refractivity contribution in [3.63, 3.8) is 0 Å². The van der Waals surface area contributed by atoms with Crippen molar-refractivity contribution in [2.24, 2.45) is 0 Å². The third-order valence-electron chi connectivity index (χ3n) is 2.27. The lowest BCUT2D eigenvalue weighted by Gasteiger charge is -2.05. The van der Waals surface area contributed by atoms with E-state index in [0.29, 0.717) is 0 Å². The lowest BCUT2D eigenvalue weighted by Crippen LogP contribution is -2.13. The van der Waals surface area contributed by atoms with Gasteiger partial charge < -0.3 is 10.4 Å². The van der Waals surface area contributed by atoms with Crippen LogP contribution in [-0.4, -0.2) is 17.6 Å². The molecule has 0 spiro atoms. The second-order valence-electron chi connectivity index (χ2n) is 3.86. The van der Waals surface area contributed by atoms with Crippen molar-refractivity contribution >= 4 is 5.97 Å². The molecule has 0 aliphatic heterocycles. The van der Waals surface area contributed by atoms with Crippen LogP contribution >= 0.6 is 0 Å². The summed E-state index contributed by atoms with van der Waals surface area (Å²) < 4.78 is 0. The van der Waals surface area contributed by atoms with Crippen molar-refractivity contribution in [2.45, 2.75) is 52.4 Å². The number of hydrogen-bond acceptors (Lipinski definition) is 2. The van der Waals surface area contributed by atoms with Crippen molar-refractivity contribution in [1.29, 1.82) is 0 Å². The largest absolute Gasteiger partial charge is 0.478 e. The Hall–Kier alpha value is -0.990. The molecule has 3 heteroatoms. The molecule has 2 N–H and O–H groups in total. The van der Waals surface area contributed by atoms with Gasteiger partial charge in [0.1, 0.15) is 0 Å². The first-order valence-corrected chi connectivity index (χ1v) is 5.82. The molecule has 0 rings (SSSR count). The summed E-state index contributed by atoms with van der Waals surface area (Å²) >= 11 is 0. The molecule has 0 amide bonds. The molecule has 0 saturated heterocycles. The maximum atomic E-state index is 10.3. The molecule has 0 aromatic heterocycles. The third-order valence-corrected chi connectivity index (χ3v) is 2.27. The molecule has 3 nitrogen and oxygen atoms in total. The molecule has 0 heterocycles. The van der Waals surface area contributed by atoms with Crippen LogP contribution in [0.5, 0.6) is 0 Å². The fourth-order valence-electron chi connectivity index (χ4n) is 1.43. The fraction of sp³-hybridized carbons (Fsp3) is 0.750. The highest BCUT2D eigenvalue weighted by Crippen LogP contribution is 2.04. The zero-order valence-electron chi connectivity index (χ0n) is 9.88. The van der Waals surface area contributed by atoms with Crippen LogP contribution < -0.4 is 5.32 Å². The molecule has 0 aromatic carbocycles. The van der Waals surface area contributed by atoms with E-state index in [1.807, 2.05) is 0 Å². The molecule has 0 saturated carbocycles. The topological polar surface area (TPSA) is 49.3 Å². The van der Waals surface area contributed by atoms with E-state index in [-0.39, 0.29) is 0 Å². The normalized spacial score (nSPS) is 11.5. The summed E-state index contributed by atoms with van der Waals surface area (Å²) in [5.74, 6) is -0.886. The Morgan fingerprint density at radius 2 is 1.80 bits per heavy atom. The molecular weight excluding hydrogens is 190 g/mol. The minimum atomic E-state index is -0.886. The first-order chi connectivity index (χ1) is 7.16. The SMILES string of the molecule is CCCCCCCCN/C(C)=C\C(=O)O. The number of rotatable bonds is 9. The quantitative estimate of drug-likeness (QED) is 0.457. The van der Waals surface area contributed by atoms with Crippen molar-refractivity contribution in [3.8, 4) is 0 Å². The first-order valence-electron chi connectivity index (χ1n) is 5.82. The highest BCUT2D eigenvalue weighted by atomic mass is 16.4. The Kier molecular flexibility index (Phi) is 8.93. The molecule has 0 aromatic rings. The monoisotopic (exact) mass is 213 g/mol. The number of hydrogen-bond donors (Lipinski definition) is 2. The standard InChI is InChI=1S/C12H23NO2/c1-3-4-5-6-7-8-9-13-11(2)10-12(14)15/h10,13H,3-9H2,1-2H3,(H,14,15)/b11-10-. The van der Waals surface area contributed by atoms with Gasteiger partial charge in [-0.25, -0.2) is 4.79 Å². The van der Waals surface area contributed by atoms with Gasteiger partial charge in [-0.1, -0.05) is 39.0 Å². The molecule has 0 aliphatic carbocycles. The number of carboxylic acid groups (broad SMARTS) is 1. The number of carbonyl (C=O) groups is 1. The number of nitrogens with one attached hydrogen (secondary N) is 1. The molecule has 88 valence electrons. The fourth-order valence-corrected chi connectivity index (χ4v) is 1.43. The van der Waals surface area contributed by atoms with Gasteiger partial charge in [-0.15, -0.1) is 0 Å². The average molecular weight is 213 g/mol. The second-order valence-corrected chi connectivity index (χ2v) is 3.86. The van der Waals surface area contributed by atoms with Gasteiger partial charge in [0.15, 0.2) is 0 Å². The Bertz CT molecular complexity index is 200. The van der Waals surface area contributed by atoms with Crippen LogP contribution in [0.4, 0.5) is 0 Å². The summed E-state index contributed by atoms with van der Waals surface area (Å²) in [5.41, 5.74) is 0.732. The smallest absolute Gasteiger partial charge is 0.330 e. The van der Waals surface area contributed by atoms with Crippen LogP contribution in [0.1, 0.15) is 52.4 Å². The van der Waals surface area contributed by atoms with E-state index in [1.165, 1.54) is 38.2 Å². The summed E-state index contributed by atoms with van der Waals surface area (Å²) in [6.45, 7) is 4.87. The van der Waals surface area contributed by atoms with E-state index in [2.05, 4.69) is 12.2 Å². The first kappa shape index (κ1) is 14.0. The van der Waals surface area contributed by atoms with Gasteiger partial charge in [-0.2, -0.15) is 0 Å². The van der Waals surface area contributed by atoms with Crippen LogP contribution in [-0.2, 0) is 4.79 Å². The number of unbranched alkanes of at least 4 members (excludes halogenated alkanes) is 5. The van der Waals surface area contributed by atoms with Gasteiger partial charge in [0.05, 0.1) is 0 Å². The summed E-state index contributed by atoms with van der Waals surface area (Å²) in [7, 11) is 0. The highest BCUT2D eigenvalue weighted by molar-refractivity contribution is 5.80. The van der Waals surface area contributed by atoms with Crippen LogP contribution in [0.25, 0.3) is 0 Å². The van der Waals surface area contributed by atoms with Gasteiger partial charge >= 0.3 is 5.97 Å². The van der Waals surface area contributed by atoms with E-state index in [0.717, 1.165) is 18.7 Å². The number of allylic oxidation sites excluding steroid dienone is 1. The van der Waals surface area contributed by atoms with E-state index in [1.54, 1.807) is 6.92 Å². The molecule has 0 unspecified atom stereocenters. The Morgan fingerprint density at radius 3 is 2.40 bits per heavy atom. The molecule has 0 atom stereocenters. The summed E-state index contributed by atoms with van der Waals surface area (Å²) in [6, 6.07) is 0. The maximum Gasteiger partial charge on any atom is 0.330 e.